The molecule has 130 valence electrons. The van der Waals surface area contributed by atoms with Crippen molar-refractivity contribution in [2.75, 3.05) is 0 Å². The molecule has 0 radical (unpaired) electrons. The molecule has 1 aromatic rings. The fourth-order valence-electron chi connectivity index (χ4n) is 3.17. The minimum absolute atomic E-state index is 0.388. The molecule has 23 heavy (non-hydrogen) atoms. The predicted octanol–water partition coefficient (Wildman–Crippen LogP) is 6.80. The summed E-state index contributed by atoms with van der Waals surface area (Å²) in [6, 6.07) is 7.54. The van der Waals surface area contributed by atoms with Gasteiger partial charge < -0.3 is 5.11 Å². The molecule has 0 saturated heterocycles. The summed E-state index contributed by atoms with van der Waals surface area (Å²) in [5, 5.41) is 9.02. The zero-order chi connectivity index (χ0) is 16.9. The van der Waals surface area contributed by atoms with Gasteiger partial charge in [0.15, 0.2) is 0 Å². The van der Waals surface area contributed by atoms with Gasteiger partial charge in [-0.2, -0.15) is 0 Å². The molecule has 0 bridgehead atoms. The molecule has 1 aromatic carbocycles. The van der Waals surface area contributed by atoms with Gasteiger partial charge in [0, 0.05) is 0 Å². The number of unbranched alkanes of at least 4 members (excludes halogenated alkanes) is 7. The first-order valence-corrected chi connectivity index (χ1v) is 9.52. The van der Waals surface area contributed by atoms with Gasteiger partial charge in [-0.05, 0) is 36.5 Å². The molecule has 0 aliphatic rings. The molecule has 0 aliphatic carbocycles. The lowest BCUT2D eigenvalue weighted by atomic mass is 9.88. The average Bonchev–Trinajstić information content (AvgIpc) is 2.57. The van der Waals surface area contributed by atoms with E-state index < -0.39 is 5.97 Å². The molecule has 0 amide bonds. The van der Waals surface area contributed by atoms with E-state index in [1.54, 1.807) is 12.1 Å². The lowest BCUT2D eigenvalue weighted by Gasteiger charge is -2.17. The van der Waals surface area contributed by atoms with Crippen LogP contribution in [0.4, 0.5) is 0 Å². The zero-order valence-corrected chi connectivity index (χ0v) is 15.0. The van der Waals surface area contributed by atoms with Gasteiger partial charge in [0.1, 0.15) is 0 Å². The Balaban J connectivity index is 2.43. The molecular weight excluding hydrogens is 284 g/mol. The Morgan fingerprint density at radius 2 is 1.35 bits per heavy atom. The second-order valence-electron chi connectivity index (χ2n) is 6.68. The maximum absolute atomic E-state index is 11.0. The van der Waals surface area contributed by atoms with Gasteiger partial charge in [-0.1, -0.05) is 83.8 Å². The van der Waals surface area contributed by atoms with Crippen molar-refractivity contribution < 1.29 is 9.90 Å². The van der Waals surface area contributed by atoms with Crippen molar-refractivity contribution in [2.45, 2.75) is 90.4 Å². The van der Waals surface area contributed by atoms with Crippen molar-refractivity contribution in [1.82, 2.24) is 0 Å². The van der Waals surface area contributed by atoms with Gasteiger partial charge >= 0.3 is 5.97 Å². The number of hydrogen-bond donors (Lipinski definition) is 1. The fraction of sp³-hybridized carbons (Fsp3) is 0.667. The van der Waals surface area contributed by atoms with Crippen molar-refractivity contribution in [2.24, 2.45) is 0 Å². The van der Waals surface area contributed by atoms with Crippen LogP contribution in [-0.4, -0.2) is 11.1 Å². The van der Waals surface area contributed by atoms with E-state index in [4.69, 9.17) is 5.11 Å². The van der Waals surface area contributed by atoms with Gasteiger partial charge in [0.05, 0.1) is 5.56 Å². The molecule has 0 fully saturated rings. The third-order valence-corrected chi connectivity index (χ3v) is 4.69. The summed E-state index contributed by atoms with van der Waals surface area (Å²) < 4.78 is 0. The summed E-state index contributed by atoms with van der Waals surface area (Å²) in [7, 11) is 0. The molecule has 1 rings (SSSR count). The standard InChI is InChI=1S/C21H34O2/c1-3-5-7-8-9-10-11-13-18(12-6-4-2)19-14-16-20(17-15-19)21(22)23/h14-18H,3-13H2,1-2H3,(H,22,23). The Kier molecular flexibility index (Phi) is 10.4. The molecule has 1 N–H and O–H groups in total. The summed E-state index contributed by atoms with van der Waals surface area (Å²) in [5.41, 5.74) is 1.70. The van der Waals surface area contributed by atoms with Crippen LogP contribution in [0.3, 0.4) is 0 Å². The largest absolute Gasteiger partial charge is 0.478 e. The highest BCUT2D eigenvalue weighted by atomic mass is 16.4. The van der Waals surface area contributed by atoms with Crippen LogP contribution in [0.2, 0.25) is 0 Å². The minimum Gasteiger partial charge on any atom is -0.478 e. The van der Waals surface area contributed by atoms with E-state index in [1.807, 2.05) is 12.1 Å². The monoisotopic (exact) mass is 318 g/mol. The van der Waals surface area contributed by atoms with Crippen LogP contribution in [-0.2, 0) is 0 Å². The third-order valence-electron chi connectivity index (χ3n) is 4.69. The van der Waals surface area contributed by atoms with E-state index in [1.165, 1.54) is 76.2 Å². The first-order chi connectivity index (χ1) is 11.2. The zero-order valence-electron chi connectivity index (χ0n) is 15.0. The number of hydrogen-bond acceptors (Lipinski definition) is 1. The predicted molar refractivity (Wildman–Crippen MR) is 98.3 cm³/mol. The van der Waals surface area contributed by atoms with E-state index in [2.05, 4.69) is 13.8 Å². The Bertz CT molecular complexity index is 422. The number of carbonyl (C=O) groups is 1. The van der Waals surface area contributed by atoms with Crippen LogP contribution in [0.1, 0.15) is 106 Å². The highest BCUT2D eigenvalue weighted by molar-refractivity contribution is 5.87. The highest BCUT2D eigenvalue weighted by Gasteiger charge is 2.12. The van der Waals surface area contributed by atoms with Crippen molar-refractivity contribution in [3.05, 3.63) is 35.4 Å². The van der Waals surface area contributed by atoms with E-state index >= 15 is 0 Å². The lowest BCUT2D eigenvalue weighted by molar-refractivity contribution is 0.0697. The van der Waals surface area contributed by atoms with E-state index in [9.17, 15) is 4.79 Å². The number of aromatic carboxylic acids is 1. The van der Waals surface area contributed by atoms with Crippen molar-refractivity contribution in [3.8, 4) is 0 Å². The normalized spacial score (nSPS) is 12.3. The van der Waals surface area contributed by atoms with Crippen LogP contribution in [0.15, 0.2) is 24.3 Å². The summed E-state index contributed by atoms with van der Waals surface area (Å²) in [5.74, 6) is -0.248. The molecule has 2 nitrogen and oxygen atoms in total. The maximum atomic E-state index is 11.0. The van der Waals surface area contributed by atoms with Crippen molar-refractivity contribution in [1.29, 1.82) is 0 Å². The van der Waals surface area contributed by atoms with Gasteiger partial charge in [-0.3, -0.25) is 0 Å². The second kappa shape index (κ2) is 12.2. The summed E-state index contributed by atoms with van der Waals surface area (Å²) in [6.07, 6.45) is 14.4. The number of benzene rings is 1. The Hall–Kier alpha value is -1.31. The number of carboxylic acid groups (broad SMARTS) is 1. The molecule has 1 atom stereocenters. The number of rotatable bonds is 13. The molecule has 1 unspecified atom stereocenters. The van der Waals surface area contributed by atoms with Crippen LogP contribution < -0.4 is 0 Å². The third kappa shape index (κ3) is 8.20. The van der Waals surface area contributed by atoms with E-state index in [-0.39, 0.29) is 0 Å². The topological polar surface area (TPSA) is 37.3 Å². The van der Waals surface area contributed by atoms with Crippen LogP contribution >= 0.6 is 0 Å². The SMILES string of the molecule is CCCCCCCCCC(CCCC)c1ccc(C(=O)O)cc1. The summed E-state index contributed by atoms with van der Waals surface area (Å²) in [4.78, 5) is 11.0. The Labute approximate surface area is 142 Å². The highest BCUT2D eigenvalue weighted by Crippen LogP contribution is 2.28. The van der Waals surface area contributed by atoms with Gasteiger partial charge in [0.2, 0.25) is 0 Å². The summed E-state index contributed by atoms with van der Waals surface area (Å²) >= 11 is 0. The molecule has 0 aromatic heterocycles. The molecule has 2 heteroatoms. The maximum Gasteiger partial charge on any atom is 0.335 e. The summed E-state index contributed by atoms with van der Waals surface area (Å²) in [6.45, 7) is 4.49. The van der Waals surface area contributed by atoms with Gasteiger partial charge in [0.25, 0.3) is 0 Å². The molecule has 0 spiro atoms. The first kappa shape index (κ1) is 19.7. The van der Waals surface area contributed by atoms with Gasteiger partial charge in [-0.25, -0.2) is 4.79 Å². The smallest absolute Gasteiger partial charge is 0.335 e. The van der Waals surface area contributed by atoms with Crippen LogP contribution in [0, 0.1) is 0 Å². The Morgan fingerprint density at radius 1 is 0.826 bits per heavy atom. The van der Waals surface area contributed by atoms with Crippen LogP contribution in [0.25, 0.3) is 0 Å². The quantitative estimate of drug-likeness (QED) is 0.406. The number of carboxylic acids is 1. The second-order valence-corrected chi connectivity index (χ2v) is 6.68. The minimum atomic E-state index is -0.839. The fourth-order valence-corrected chi connectivity index (χ4v) is 3.17. The lowest BCUT2D eigenvalue weighted by Crippen LogP contribution is -2.02. The van der Waals surface area contributed by atoms with E-state index in [0.29, 0.717) is 11.5 Å². The molecule has 0 heterocycles. The van der Waals surface area contributed by atoms with Crippen molar-refractivity contribution in [3.63, 3.8) is 0 Å². The van der Waals surface area contributed by atoms with E-state index in [0.717, 1.165) is 0 Å². The Morgan fingerprint density at radius 3 is 1.91 bits per heavy atom. The molecule has 0 aliphatic heterocycles. The first-order valence-electron chi connectivity index (χ1n) is 9.52. The molecule has 0 saturated carbocycles. The average molecular weight is 319 g/mol. The van der Waals surface area contributed by atoms with Gasteiger partial charge in [-0.15, -0.1) is 0 Å². The van der Waals surface area contributed by atoms with Crippen molar-refractivity contribution >= 4 is 5.97 Å². The van der Waals surface area contributed by atoms with Crippen LogP contribution in [0.5, 0.6) is 0 Å². The molecular formula is C21H34O2.